The zero-order valence-electron chi connectivity index (χ0n) is 10.2. The lowest BCUT2D eigenvalue weighted by molar-refractivity contribution is -0.140. The second kappa shape index (κ2) is 4.22. The highest BCUT2D eigenvalue weighted by Gasteiger charge is 2.49. The second-order valence-electron chi connectivity index (χ2n) is 4.91. The molecule has 100 valence electrons. The minimum absolute atomic E-state index is 0.234. The van der Waals surface area contributed by atoms with Gasteiger partial charge in [-0.25, -0.2) is 4.39 Å². The molecule has 1 aliphatic heterocycles. The Morgan fingerprint density at radius 2 is 2.26 bits per heavy atom. The Bertz CT molecular complexity index is 544. The van der Waals surface area contributed by atoms with Crippen molar-refractivity contribution in [2.75, 3.05) is 0 Å². The fraction of sp³-hybridized carbons (Fsp3) is 0.385. The average Bonchev–Trinajstić information content (AvgIpc) is 3.12. The van der Waals surface area contributed by atoms with Crippen molar-refractivity contribution in [3.05, 3.63) is 35.6 Å². The Morgan fingerprint density at radius 1 is 1.53 bits per heavy atom. The van der Waals surface area contributed by atoms with Crippen molar-refractivity contribution in [1.82, 2.24) is 10.3 Å². The molecule has 0 bridgehead atoms. The molecule has 1 aliphatic carbocycles. The maximum absolute atomic E-state index is 14.1. The van der Waals surface area contributed by atoms with Gasteiger partial charge in [-0.2, -0.15) is 5.10 Å². The quantitative estimate of drug-likeness (QED) is 0.863. The van der Waals surface area contributed by atoms with Gasteiger partial charge in [-0.05, 0) is 18.9 Å². The lowest BCUT2D eigenvalue weighted by Gasteiger charge is -2.37. The molecule has 1 aromatic carbocycles. The molecule has 0 radical (unpaired) electrons. The molecule has 6 heteroatoms. The monoisotopic (exact) mass is 263 g/mol. The van der Waals surface area contributed by atoms with Crippen molar-refractivity contribution in [1.29, 1.82) is 0 Å². The smallest absolute Gasteiger partial charge is 0.308 e. The van der Waals surface area contributed by atoms with Gasteiger partial charge in [0.15, 0.2) is 5.66 Å². The number of nitrogens with one attached hydrogen (secondary N) is 1. The van der Waals surface area contributed by atoms with E-state index in [0.717, 1.165) is 12.8 Å². The summed E-state index contributed by atoms with van der Waals surface area (Å²) in [7, 11) is 0. The van der Waals surface area contributed by atoms with E-state index in [2.05, 4.69) is 10.5 Å². The normalized spacial score (nSPS) is 25.4. The highest BCUT2D eigenvalue weighted by Crippen LogP contribution is 2.40. The van der Waals surface area contributed by atoms with Crippen LogP contribution >= 0.6 is 0 Å². The van der Waals surface area contributed by atoms with Crippen LogP contribution in [-0.2, 0) is 10.5 Å². The summed E-state index contributed by atoms with van der Waals surface area (Å²) in [6.07, 6.45) is 3.28. The van der Waals surface area contributed by atoms with Crippen LogP contribution in [0, 0.1) is 5.82 Å². The third-order valence-electron chi connectivity index (χ3n) is 3.54. The van der Waals surface area contributed by atoms with E-state index in [-0.39, 0.29) is 12.5 Å². The predicted molar refractivity (Wildman–Crippen MR) is 66.8 cm³/mol. The summed E-state index contributed by atoms with van der Waals surface area (Å²) in [6, 6.07) is 6.47. The molecule has 19 heavy (non-hydrogen) atoms. The third kappa shape index (κ3) is 1.93. The average molecular weight is 263 g/mol. The van der Waals surface area contributed by atoms with Crippen LogP contribution in [0.25, 0.3) is 0 Å². The lowest BCUT2D eigenvalue weighted by atomic mass is 9.94. The van der Waals surface area contributed by atoms with Crippen LogP contribution in [0.1, 0.15) is 24.8 Å². The number of hydrogen-bond donors (Lipinski definition) is 2. The van der Waals surface area contributed by atoms with E-state index in [1.54, 1.807) is 24.5 Å². The summed E-state index contributed by atoms with van der Waals surface area (Å²) < 4.78 is 14.1. The van der Waals surface area contributed by atoms with Crippen LogP contribution < -0.4 is 5.43 Å². The predicted octanol–water partition coefficient (Wildman–Crippen LogP) is 1.46. The first kappa shape index (κ1) is 12.0. The topological polar surface area (TPSA) is 64.9 Å². The van der Waals surface area contributed by atoms with Crippen molar-refractivity contribution in [3.8, 4) is 0 Å². The number of benzene rings is 1. The first-order valence-corrected chi connectivity index (χ1v) is 6.19. The van der Waals surface area contributed by atoms with Crippen molar-refractivity contribution in [2.24, 2.45) is 5.10 Å². The van der Waals surface area contributed by atoms with E-state index < -0.39 is 17.4 Å². The van der Waals surface area contributed by atoms with Crippen LogP contribution in [0.2, 0.25) is 0 Å². The summed E-state index contributed by atoms with van der Waals surface area (Å²) in [5.41, 5.74) is 2.01. The van der Waals surface area contributed by atoms with Crippen molar-refractivity contribution in [2.45, 2.75) is 31.0 Å². The number of carboxylic acid groups (broad SMARTS) is 1. The minimum atomic E-state index is -1.11. The van der Waals surface area contributed by atoms with Gasteiger partial charge in [0.25, 0.3) is 0 Å². The number of halogens is 1. The van der Waals surface area contributed by atoms with Gasteiger partial charge in [-0.15, -0.1) is 0 Å². The minimum Gasteiger partial charge on any atom is -0.481 e. The second-order valence-corrected chi connectivity index (χ2v) is 4.91. The highest BCUT2D eigenvalue weighted by molar-refractivity contribution is 5.71. The van der Waals surface area contributed by atoms with Gasteiger partial charge in [0.2, 0.25) is 0 Å². The first-order chi connectivity index (χ1) is 9.13. The van der Waals surface area contributed by atoms with Crippen LogP contribution in [0.5, 0.6) is 0 Å². The zero-order valence-corrected chi connectivity index (χ0v) is 10.2. The summed E-state index contributed by atoms with van der Waals surface area (Å²) >= 11 is 0. The first-order valence-electron chi connectivity index (χ1n) is 6.19. The Kier molecular flexibility index (Phi) is 2.66. The molecule has 1 unspecified atom stereocenters. The van der Waals surface area contributed by atoms with E-state index in [9.17, 15) is 9.18 Å². The van der Waals surface area contributed by atoms with Gasteiger partial charge in [-0.3, -0.25) is 10.2 Å². The van der Waals surface area contributed by atoms with Crippen molar-refractivity contribution < 1.29 is 14.3 Å². The Hall–Kier alpha value is -2.11. The summed E-state index contributed by atoms with van der Waals surface area (Å²) in [5, 5.41) is 13.1. The standard InChI is InChI=1S/C13H14FN3O2/c14-11-4-2-1-3-10(11)13(7-12(18)19)16-15-8-17(13)9-5-6-9/h1-4,8-9,16H,5-7H2,(H,18,19). The van der Waals surface area contributed by atoms with E-state index in [1.165, 1.54) is 6.07 Å². The summed E-state index contributed by atoms with van der Waals surface area (Å²) in [5.74, 6) is -1.42. The molecule has 3 rings (SSSR count). The molecular formula is C13H14FN3O2. The van der Waals surface area contributed by atoms with Crippen molar-refractivity contribution in [3.63, 3.8) is 0 Å². The molecule has 1 fully saturated rings. The number of hydrazone groups is 1. The molecule has 0 saturated heterocycles. The molecule has 0 spiro atoms. The molecule has 1 aromatic rings. The van der Waals surface area contributed by atoms with Crippen LogP contribution in [0.15, 0.2) is 29.4 Å². The number of nitrogens with zero attached hydrogens (tertiary/aromatic N) is 2. The van der Waals surface area contributed by atoms with Crippen LogP contribution in [0.4, 0.5) is 4.39 Å². The molecule has 0 amide bonds. The van der Waals surface area contributed by atoms with Gasteiger partial charge in [0, 0.05) is 11.6 Å². The lowest BCUT2D eigenvalue weighted by Crippen LogP contribution is -2.52. The summed E-state index contributed by atoms with van der Waals surface area (Å²) in [6.45, 7) is 0. The molecule has 0 aromatic heterocycles. The van der Waals surface area contributed by atoms with Crippen LogP contribution in [-0.4, -0.2) is 28.4 Å². The van der Waals surface area contributed by atoms with Gasteiger partial charge in [0.1, 0.15) is 12.2 Å². The number of aliphatic carboxylic acids is 1. The number of hydrogen-bond acceptors (Lipinski definition) is 4. The fourth-order valence-corrected chi connectivity index (χ4v) is 2.55. The summed E-state index contributed by atoms with van der Waals surface area (Å²) in [4.78, 5) is 13.0. The molecule has 2 N–H and O–H groups in total. The number of carbonyl (C=O) groups is 1. The number of carboxylic acids is 1. The third-order valence-corrected chi connectivity index (χ3v) is 3.54. The highest BCUT2D eigenvalue weighted by atomic mass is 19.1. The largest absolute Gasteiger partial charge is 0.481 e. The van der Waals surface area contributed by atoms with E-state index in [0.29, 0.717) is 5.56 Å². The van der Waals surface area contributed by atoms with Gasteiger partial charge in [0.05, 0.1) is 6.42 Å². The zero-order chi connectivity index (χ0) is 13.5. The SMILES string of the molecule is O=C(O)CC1(c2ccccc2F)NN=CN1C1CC1. The molecule has 1 atom stereocenters. The van der Waals surface area contributed by atoms with Crippen molar-refractivity contribution >= 4 is 12.3 Å². The Balaban J connectivity index is 2.06. The van der Waals surface area contributed by atoms with Gasteiger partial charge < -0.3 is 10.0 Å². The van der Waals surface area contributed by atoms with E-state index in [4.69, 9.17) is 5.11 Å². The molecule has 1 heterocycles. The van der Waals surface area contributed by atoms with Gasteiger partial charge in [-0.1, -0.05) is 18.2 Å². The van der Waals surface area contributed by atoms with E-state index >= 15 is 0 Å². The maximum atomic E-state index is 14.1. The molecular weight excluding hydrogens is 249 g/mol. The Labute approximate surface area is 109 Å². The van der Waals surface area contributed by atoms with E-state index in [1.807, 2.05) is 4.90 Å². The Morgan fingerprint density at radius 3 is 2.89 bits per heavy atom. The fourth-order valence-electron chi connectivity index (χ4n) is 2.55. The maximum Gasteiger partial charge on any atom is 0.308 e. The van der Waals surface area contributed by atoms with Gasteiger partial charge >= 0.3 is 5.97 Å². The molecule has 2 aliphatic rings. The molecule has 1 saturated carbocycles. The molecule has 5 nitrogen and oxygen atoms in total. The van der Waals surface area contributed by atoms with Crippen LogP contribution in [0.3, 0.4) is 0 Å². The number of rotatable bonds is 4.